The molecule has 2 heterocycles. The van der Waals surface area contributed by atoms with Gasteiger partial charge in [0.25, 0.3) is 5.91 Å². The maximum absolute atomic E-state index is 12.3. The highest BCUT2D eigenvalue weighted by molar-refractivity contribution is 5.92. The first-order valence-corrected chi connectivity index (χ1v) is 10.6. The van der Waals surface area contributed by atoms with Crippen molar-refractivity contribution in [1.29, 1.82) is 0 Å². The van der Waals surface area contributed by atoms with E-state index in [0.29, 0.717) is 17.1 Å². The largest absolute Gasteiger partial charge is 0.484 e. The summed E-state index contributed by atoms with van der Waals surface area (Å²) in [5.41, 5.74) is 2.95. The number of carbonyl (C=O) groups is 2. The van der Waals surface area contributed by atoms with Gasteiger partial charge in [-0.3, -0.25) is 9.59 Å². The zero-order chi connectivity index (χ0) is 22.3. The van der Waals surface area contributed by atoms with Crippen molar-refractivity contribution in [3.05, 3.63) is 60.7 Å². The van der Waals surface area contributed by atoms with Gasteiger partial charge in [0.1, 0.15) is 5.75 Å². The van der Waals surface area contributed by atoms with Gasteiger partial charge in [-0.15, -0.1) is 10.2 Å². The SMILES string of the molecule is CC(=O)Nc1ccc(OCC(=O)Nc2cccc(-c3ccc(N4CCCC4)nn3)c2)cc1. The molecule has 8 nitrogen and oxygen atoms in total. The first kappa shape index (κ1) is 21.3. The predicted octanol–water partition coefficient (Wildman–Crippen LogP) is 3.72. The molecular formula is C24H25N5O3. The highest BCUT2D eigenvalue weighted by atomic mass is 16.5. The number of hydrogen-bond donors (Lipinski definition) is 2. The van der Waals surface area contributed by atoms with E-state index in [2.05, 4.69) is 25.7 Å². The molecule has 0 bridgehead atoms. The quantitative estimate of drug-likeness (QED) is 0.592. The highest BCUT2D eigenvalue weighted by Gasteiger charge is 2.14. The number of benzene rings is 2. The van der Waals surface area contributed by atoms with Crippen molar-refractivity contribution in [2.45, 2.75) is 19.8 Å². The minimum Gasteiger partial charge on any atom is -0.484 e. The van der Waals surface area contributed by atoms with Gasteiger partial charge in [-0.2, -0.15) is 0 Å². The molecule has 2 aromatic carbocycles. The molecule has 1 saturated heterocycles. The van der Waals surface area contributed by atoms with Crippen molar-refractivity contribution in [2.24, 2.45) is 0 Å². The van der Waals surface area contributed by atoms with Gasteiger partial charge in [-0.05, 0) is 61.4 Å². The lowest BCUT2D eigenvalue weighted by Gasteiger charge is -2.15. The third kappa shape index (κ3) is 5.60. The summed E-state index contributed by atoms with van der Waals surface area (Å²) in [6, 6.07) is 18.2. The van der Waals surface area contributed by atoms with Crippen molar-refractivity contribution < 1.29 is 14.3 Å². The molecule has 2 amide bonds. The van der Waals surface area contributed by atoms with E-state index in [-0.39, 0.29) is 18.4 Å². The van der Waals surface area contributed by atoms with E-state index < -0.39 is 0 Å². The number of rotatable bonds is 7. The van der Waals surface area contributed by atoms with Crippen molar-refractivity contribution in [3.63, 3.8) is 0 Å². The maximum Gasteiger partial charge on any atom is 0.262 e. The van der Waals surface area contributed by atoms with Crippen LogP contribution < -0.4 is 20.3 Å². The van der Waals surface area contributed by atoms with Crippen molar-refractivity contribution in [1.82, 2.24) is 10.2 Å². The Morgan fingerprint density at radius 2 is 1.72 bits per heavy atom. The van der Waals surface area contributed by atoms with Crippen molar-refractivity contribution in [3.8, 4) is 17.0 Å². The molecule has 8 heteroatoms. The van der Waals surface area contributed by atoms with Gasteiger partial charge in [-0.1, -0.05) is 12.1 Å². The van der Waals surface area contributed by atoms with Gasteiger partial charge in [0.2, 0.25) is 5.91 Å². The maximum atomic E-state index is 12.3. The number of ether oxygens (including phenoxy) is 1. The molecule has 1 aromatic heterocycles. The third-order valence-corrected chi connectivity index (χ3v) is 5.07. The molecule has 1 aliphatic heterocycles. The Labute approximate surface area is 186 Å². The number of hydrogen-bond acceptors (Lipinski definition) is 6. The molecule has 0 aliphatic carbocycles. The number of amides is 2. The summed E-state index contributed by atoms with van der Waals surface area (Å²) >= 11 is 0. The van der Waals surface area contributed by atoms with Crippen LogP contribution in [0.2, 0.25) is 0 Å². The van der Waals surface area contributed by atoms with E-state index in [9.17, 15) is 9.59 Å². The zero-order valence-electron chi connectivity index (χ0n) is 17.9. The summed E-state index contributed by atoms with van der Waals surface area (Å²) in [6.07, 6.45) is 2.38. The topological polar surface area (TPSA) is 96.4 Å². The minimum absolute atomic E-state index is 0.131. The summed E-state index contributed by atoms with van der Waals surface area (Å²) in [6.45, 7) is 3.36. The summed E-state index contributed by atoms with van der Waals surface area (Å²) in [5, 5.41) is 14.2. The van der Waals surface area contributed by atoms with Crippen LogP contribution in [0.5, 0.6) is 5.75 Å². The molecule has 0 spiro atoms. The second-order valence-corrected chi connectivity index (χ2v) is 7.59. The highest BCUT2D eigenvalue weighted by Crippen LogP contribution is 2.23. The Bertz CT molecular complexity index is 1080. The minimum atomic E-state index is -0.274. The number of anilines is 3. The molecule has 0 radical (unpaired) electrons. The lowest BCUT2D eigenvalue weighted by atomic mass is 10.1. The molecule has 0 atom stereocenters. The lowest BCUT2D eigenvalue weighted by Crippen LogP contribution is -2.20. The molecule has 32 heavy (non-hydrogen) atoms. The van der Waals surface area contributed by atoms with Crippen LogP contribution >= 0.6 is 0 Å². The molecule has 1 aliphatic rings. The molecule has 1 fully saturated rings. The average Bonchev–Trinajstić information content (AvgIpc) is 3.34. The molecule has 3 aromatic rings. The number of aromatic nitrogens is 2. The summed E-state index contributed by atoms with van der Waals surface area (Å²) in [5.74, 6) is 1.02. The third-order valence-electron chi connectivity index (χ3n) is 5.07. The fourth-order valence-electron chi connectivity index (χ4n) is 3.53. The van der Waals surface area contributed by atoms with E-state index in [4.69, 9.17) is 4.74 Å². The van der Waals surface area contributed by atoms with Crippen LogP contribution in [0.25, 0.3) is 11.3 Å². The number of carbonyl (C=O) groups excluding carboxylic acids is 2. The lowest BCUT2D eigenvalue weighted by molar-refractivity contribution is -0.118. The van der Waals surface area contributed by atoms with Crippen LogP contribution in [0, 0.1) is 0 Å². The monoisotopic (exact) mass is 431 g/mol. The van der Waals surface area contributed by atoms with E-state index in [1.54, 1.807) is 24.3 Å². The fraction of sp³-hybridized carbons (Fsp3) is 0.250. The summed E-state index contributed by atoms with van der Waals surface area (Å²) in [7, 11) is 0. The predicted molar refractivity (Wildman–Crippen MR) is 124 cm³/mol. The Morgan fingerprint density at radius 1 is 0.938 bits per heavy atom. The molecular weight excluding hydrogens is 406 g/mol. The van der Waals surface area contributed by atoms with E-state index in [1.807, 2.05) is 36.4 Å². The summed E-state index contributed by atoms with van der Waals surface area (Å²) in [4.78, 5) is 25.6. The molecule has 0 saturated carbocycles. The second kappa shape index (κ2) is 9.91. The second-order valence-electron chi connectivity index (χ2n) is 7.59. The van der Waals surface area contributed by atoms with Gasteiger partial charge in [0, 0.05) is 37.0 Å². The molecule has 2 N–H and O–H groups in total. The Morgan fingerprint density at radius 3 is 2.41 bits per heavy atom. The van der Waals surface area contributed by atoms with Crippen LogP contribution in [-0.4, -0.2) is 41.7 Å². The standard InChI is InChI=1S/C24H25N5O3/c1-17(30)25-19-7-9-21(10-8-19)32-16-24(31)26-20-6-4-5-18(15-20)22-11-12-23(28-27-22)29-13-2-3-14-29/h4-12,15H,2-3,13-14,16H2,1H3,(H,25,30)(H,26,31). The van der Waals surface area contributed by atoms with E-state index >= 15 is 0 Å². The van der Waals surface area contributed by atoms with Crippen LogP contribution in [0.3, 0.4) is 0 Å². The van der Waals surface area contributed by atoms with Gasteiger partial charge < -0.3 is 20.3 Å². The number of nitrogens with zero attached hydrogens (tertiary/aromatic N) is 3. The zero-order valence-corrected chi connectivity index (χ0v) is 17.9. The van der Waals surface area contributed by atoms with Gasteiger partial charge in [-0.25, -0.2) is 0 Å². The Balaban J connectivity index is 1.33. The van der Waals surface area contributed by atoms with Crippen LogP contribution in [0.1, 0.15) is 19.8 Å². The normalized spacial score (nSPS) is 13.0. The van der Waals surface area contributed by atoms with Gasteiger partial charge >= 0.3 is 0 Å². The fourth-order valence-corrected chi connectivity index (χ4v) is 3.53. The first-order valence-electron chi connectivity index (χ1n) is 10.6. The molecule has 0 unspecified atom stereocenters. The summed E-state index contributed by atoms with van der Waals surface area (Å²) < 4.78 is 5.53. The van der Waals surface area contributed by atoms with Crippen LogP contribution in [0.4, 0.5) is 17.2 Å². The van der Waals surface area contributed by atoms with Crippen molar-refractivity contribution in [2.75, 3.05) is 35.2 Å². The average molecular weight is 431 g/mol. The Hall–Kier alpha value is -3.94. The van der Waals surface area contributed by atoms with Gasteiger partial charge in [0.15, 0.2) is 12.4 Å². The molecule has 164 valence electrons. The van der Waals surface area contributed by atoms with E-state index in [1.165, 1.54) is 19.8 Å². The van der Waals surface area contributed by atoms with Crippen LogP contribution in [0.15, 0.2) is 60.7 Å². The first-order chi connectivity index (χ1) is 15.6. The van der Waals surface area contributed by atoms with Gasteiger partial charge in [0.05, 0.1) is 5.69 Å². The van der Waals surface area contributed by atoms with Crippen LogP contribution in [-0.2, 0) is 9.59 Å². The molecule has 4 rings (SSSR count). The van der Waals surface area contributed by atoms with Crippen molar-refractivity contribution >= 4 is 29.0 Å². The smallest absolute Gasteiger partial charge is 0.262 e. The Kier molecular flexibility index (Phi) is 6.60. The van der Waals surface area contributed by atoms with E-state index in [0.717, 1.165) is 30.2 Å². The number of nitrogens with one attached hydrogen (secondary N) is 2.